The van der Waals surface area contributed by atoms with Crippen molar-refractivity contribution in [2.75, 3.05) is 18.5 Å². The van der Waals surface area contributed by atoms with Crippen molar-refractivity contribution in [3.8, 4) is 0 Å². The lowest BCUT2D eigenvalue weighted by molar-refractivity contribution is 0.153. The zero-order valence-corrected chi connectivity index (χ0v) is 11.9. The van der Waals surface area contributed by atoms with Crippen LogP contribution in [0.1, 0.15) is 55.2 Å². The van der Waals surface area contributed by atoms with E-state index in [4.69, 9.17) is 0 Å². The van der Waals surface area contributed by atoms with Gasteiger partial charge in [0.25, 0.3) is 0 Å². The van der Waals surface area contributed by atoms with Gasteiger partial charge in [-0.05, 0) is 38.0 Å². The normalized spacial score (nSPS) is 24.2. The molecule has 3 rings (SSSR count). The van der Waals surface area contributed by atoms with Gasteiger partial charge >= 0.3 is 0 Å². The summed E-state index contributed by atoms with van der Waals surface area (Å²) in [4.78, 5) is 8.27. The Bertz CT molecular complexity index is 412. The topological polar surface area (TPSA) is 36.4 Å². The van der Waals surface area contributed by atoms with E-state index in [0.29, 0.717) is 0 Å². The third-order valence-corrected chi connectivity index (χ3v) is 5.49. The summed E-state index contributed by atoms with van der Waals surface area (Å²) in [6.45, 7) is 1.13. The molecule has 0 radical (unpaired) electrons. The van der Waals surface area contributed by atoms with Gasteiger partial charge in [-0.15, -0.1) is 11.3 Å². The van der Waals surface area contributed by atoms with Gasteiger partial charge in [-0.25, -0.2) is 4.98 Å². The first kappa shape index (κ1) is 12.4. The van der Waals surface area contributed by atoms with Gasteiger partial charge in [-0.2, -0.15) is 0 Å². The monoisotopic (exact) mass is 266 g/mol. The van der Waals surface area contributed by atoms with E-state index in [-0.39, 0.29) is 6.10 Å². The minimum atomic E-state index is -0.321. The first-order valence-electron chi connectivity index (χ1n) is 7.13. The van der Waals surface area contributed by atoms with Crippen molar-refractivity contribution >= 4 is 16.5 Å². The van der Waals surface area contributed by atoms with Crippen molar-refractivity contribution in [3.05, 3.63) is 10.6 Å². The van der Waals surface area contributed by atoms with Crippen LogP contribution >= 0.6 is 11.3 Å². The van der Waals surface area contributed by atoms with E-state index in [1.54, 1.807) is 11.3 Å². The SMILES string of the molecule is CN(CC1CCCC1)c1nc2c(s1)CCCC2O. The van der Waals surface area contributed by atoms with Gasteiger partial charge in [0.1, 0.15) is 0 Å². The fourth-order valence-corrected chi connectivity index (χ4v) is 4.33. The van der Waals surface area contributed by atoms with E-state index in [9.17, 15) is 5.11 Å². The van der Waals surface area contributed by atoms with E-state index in [2.05, 4.69) is 16.9 Å². The molecule has 1 unspecified atom stereocenters. The van der Waals surface area contributed by atoms with E-state index >= 15 is 0 Å². The van der Waals surface area contributed by atoms with Gasteiger partial charge < -0.3 is 10.0 Å². The molecule has 2 aliphatic rings. The molecule has 1 heterocycles. The Balaban J connectivity index is 1.71. The van der Waals surface area contributed by atoms with Crippen LogP contribution in [0.3, 0.4) is 0 Å². The van der Waals surface area contributed by atoms with Crippen LogP contribution in [0.5, 0.6) is 0 Å². The predicted octanol–water partition coefficient (Wildman–Crippen LogP) is 3.14. The number of anilines is 1. The van der Waals surface area contributed by atoms with Gasteiger partial charge in [-0.3, -0.25) is 0 Å². The van der Waals surface area contributed by atoms with Crippen molar-refractivity contribution in [3.63, 3.8) is 0 Å². The van der Waals surface area contributed by atoms with Crippen LogP contribution in [0.2, 0.25) is 0 Å². The average molecular weight is 266 g/mol. The number of hydrogen-bond donors (Lipinski definition) is 1. The third-order valence-electron chi connectivity index (χ3n) is 4.25. The molecule has 4 heteroatoms. The standard InChI is InChI=1S/C14H22N2OS/c1-16(9-10-5-2-3-6-10)14-15-13-11(17)7-4-8-12(13)18-14/h10-11,17H,2-9H2,1H3. The lowest BCUT2D eigenvalue weighted by Gasteiger charge is -2.20. The number of hydrogen-bond acceptors (Lipinski definition) is 4. The lowest BCUT2D eigenvalue weighted by atomic mass is 10.0. The quantitative estimate of drug-likeness (QED) is 0.913. The highest BCUT2D eigenvalue weighted by atomic mass is 32.1. The molecule has 0 saturated heterocycles. The largest absolute Gasteiger partial charge is 0.387 e. The second-order valence-electron chi connectivity index (χ2n) is 5.74. The van der Waals surface area contributed by atoms with E-state index in [1.807, 2.05) is 0 Å². The number of aromatic nitrogens is 1. The fourth-order valence-electron chi connectivity index (χ4n) is 3.20. The lowest BCUT2D eigenvalue weighted by Crippen LogP contribution is -2.23. The molecule has 0 amide bonds. The first-order chi connectivity index (χ1) is 8.74. The fraction of sp³-hybridized carbons (Fsp3) is 0.786. The molecule has 3 nitrogen and oxygen atoms in total. The van der Waals surface area contributed by atoms with Crippen LogP contribution < -0.4 is 4.90 Å². The second-order valence-corrected chi connectivity index (χ2v) is 6.81. The van der Waals surface area contributed by atoms with Crippen LogP contribution in [0, 0.1) is 5.92 Å². The molecular formula is C14H22N2OS. The summed E-state index contributed by atoms with van der Waals surface area (Å²) in [6, 6.07) is 0. The molecular weight excluding hydrogens is 244 g/mol. The number of aliphatic hydroxyl groups is 1. The number of thiazole rings is 1. The molecule has 1 aromatic heterocycles. The van der Waals surface area contributed by atoms with Crippen molar-refractivity contribution in [2.45, 2.75) is 51.0 Å². The third kappa shape index (κ3) is 2.41. The number of nitrogens with zero attached hydrogens (tertiary/aromatic N) is 2. The first-order valence-corrected chi connectivity index (χ1v) is 7.94. The predicted molar refractivity (Wildman–Crippen MR) is 75.2 cm³/mol. The minimum absolute atomic E-state index is 0.321. The Morgan fingerprint density at radius 2 is 2.06 bits per heavy atom. The van der Waals surface area contributed by atoms with Crippen molar-refractivity contribution in [1.29, 1.82) is 0 Å². The molecule has 1 N–H and O–H groups in total. The van der Waals surface area contributed by atoms with Gasteiger partial charge in [-0.1, -0.05) is 12.8 Å². The van der Waals surface area contributed by atoms with E-state index in [1.165, 1.54) is 30.6 Å². The summed E-state index contributed by atoms with van der Waals surface area (Å²) in [7, 11) is 2.15. The zero-order chi connectivity index (χ0) is 12.5. The highest BCUT2D eigenvalue weighted by Crippen LogP contribution is 2.37. The Kier molecular flexibility index (Phi) is 3.57. The molecule has 0 bridgehead atoms. The number of aliphatic hydroxyl groups excluding tert-OH is 1. The van der Waals surface area contributed by atoms with Gasteiger partial charge in [0.05, 0.1) is 11.8 Å². The van der Waals surface area contributed by atoms with Crippen LogP contribution in [0.25, 0.3) is 0 Å². The Morgan fingerprint density at radius 3 is 2.78 bits per heavy atom. The van der Waals surface area contributed by atoms with Crippen molar-refractivity contribution in [2.24, 2.45) is 5.92 Å². The maximum absolute atomic E-state index is 9.97. The summed E-state index contributed by atoms with van der Waals surface area (Å²) in [5, 5.41) is 11.1. The van der Waals surface area contributed by atoms with Gasteiger partial charge in [0.15, 0.2) is 5.13 Å². The molecule has 0 aliphatic heterocycles. The molecule has 2 aliphatic carbocycles. The molecule has 1 atom stereocenters. The maximum Gasteiger partial charge on any atom is 0.185 e. The molecule has 0 spiro atoms. The molecule has 0 aromatic carbocycles. The highest BCUT2D eigenvalue weighted by molar-refractivity contribution is 7.15. The van der Waals surface area contributed by atoms with Crippen LogP contribution in [0.15, 0.2) is 0 Å². The van der Waals surface area contributed by atoms with Gasteiger partial charge in [0.2, 0.25) is 0 Å². The zero-order valence-electron chi connectivity index (χ0n) is 11.1. The molecule has 1 fully saturated rings. The van der Waals surface area contributed by atoms with Crippen LogP contribution in [0.4, 0.5) is 5.13 Å². The molecule has 1 saturated carbocycles. The maximum atomic E-state index is 9.97. The molecule has 18 heavy (non-hydrogen) atoms. The van der Waals surface area contributed by atoms with Crippen molar-refractivity contribution in [1.82, 2.24) is 4.98 Å². The average Bonchev–Trinajstić information content (AvgIpc) is 2.97. The second kappa shape index (κ2) is 5.17. The summed E-state index contributed by atoms with van der Waals surface area (Å²) < 4.78 is 0. The summed E-state index contributed by atoms with van der Waals surface area (Å²) in [5.74, 6) is 0.848. The minimum Gasteiger partial charge on any atom is -0.387 e. The summed E-state index contributed by atoms with van der Waals surface area (Å²) in [6.07, 6.45) is 8.29. The Morgan fingerprint density at radius 1 is 1.28 bits per heavy atom. The highest BCUT2D eigenvalue weighted by Gasteiger charge is 2.25. The Hall–Kier alpha value is -0.610. The molecule has 100 valence electrons. The smallest absolute Gasteiger partial charge is 0.185 e. The summed E-state index contributed by atoms with van der Waals surface area (Å²) >= 11 is 1.79. The van der Waals surface area contributed by atoms with Crippen LogP contribution in [-0.4, -0.2) is 23.7 Å². The van der Waals surface area contributed by atoms with Gasteiger partial charge in [0, 0.05) is 18.5 Å². The van der Waals surface area contributed by atoms with E-state index in [0.717, 1.165) is 42.6 Å². The number of aryl methyl sites for hydroxylation is 1. The number of fused-ring (bicyclic) bond motifs is 1. The number of rotatable bonds is 3. The van der Waals surface area contributed by atoms with E-state index < -0.39 is 0 Å². The Labute approximate surface area is 113 Å². The summed E-state index contributed by atoms with van der Waals surface area (Å²) in [5.41, 5.74) is 0.958. The van der Waals surface area contributed by atoms with Crippen LogP contribution in [-0.2, 0) is 6.42 Å². The van der Waals surface area contributed by atoms with Crippen molar-refractivity contribution < 1.29 is 5.11 Å². The molecule has 1 aromatic rings.